The predicted molar refractivity (Wildman–Crippen MR) is 132 cm³/mol. The first-order valence-corrected chi connectivity index (χ1v) is 12.7. The predicted octanol–water partition coefficient (Wildman–Crippen LogP) is 5.12. The largest absolute Gasteiger partial charge is 0.463 e. The van der Waals surface area contributed by atoms with Crippen molar-refractivity contribution in [3.8, 4) is 11.5 Å². The van der Waals surface area contributed by atoms with Crippen LogP contribution in [0.5, 0.6) is 0 Å². The van der Waals surface area contributed by atoms with Crippen molar-refractivity contribution in [2.45, 2.75) is 31.6 Å². The summed E-state index contributed by atoms with van der Waals surface area (Å²) in [5.74, 6) is -1.94. The zero-order chi connectivity index (χ0) is 27.3. The summed E-state index contributed by atoms with van der Waals surface area (Å²) < 4.78 is 50.4. The molecule has 0 saturated heterocycles. The number of carbonyl (C=O) groups excluding carboxylic acids is 3. The van der Waals surface area contributed by atoms with Gasteiger partial charge in [0, 0.05) is 14.1 Å². The fourth-order valence-electron chi connectivity index (χ4n) is 3.00. The number of thioether (sulfide) groups is 1. The van der Waals surface area contributed by atoms with E-state index in [2.05, 4.69) is 15.3 Å². The molecule has 2 amide bonds. The summed E-state index contributed by atoms with van der Waals surface area (Å²) in [6.07, 6.45) is -2.86. The second kappa shape index (κ2) is 11.8. The molecule has 0 aliphatic heterocycles. The molecule has 198 valence electrons. The first kappa shape index (κ1) is 28.2. The summed E-state index contributed by atoms with van der Waals surface area (Å²) >= 11 is 1.59. The zero-order valence-electron chi connectivity index (χ0n) is 20.3. The van der Waals surface area contributed by atoms with E-state index in [1.165, 1.54) is 23.3 Å². The van der Waals surface area contributed by atoms with Crippen LogP contribution in [0.2, 0.25) is 0 Å². The minimum Gasteiger partial charge on any atom is -0.463 e. The number of esters is 1. The molecular weight excluding hydrogens is 533 g/mol. The van der Waals surface area contributed by atoms with Gasteiger partial charge in [-0.25, -0.2) is 14.8 Å². The van der Waals surface area contributed by atoms with E-state index in [-0.39, 0.29) is 50.3 Å². The van der Waals surface area contributed by atoms with Crippen molar-refractivity contribution in [3.63, 3.8) is 0 Å². The Morgan fingerprint density at radius 2 is 1.97 bits per heavy atom. The van der Waals surface area contributed by atoms with Gasteiger partial charge in [0.15, 0.2) is 10.9 Å². The maximum Gasteiger partial charge on any atom is 0.433 e. The van der Waals surface area contributed by atoms with E-state index >= 15 is 0 Å². The first-order valence-electron chi connectivity index (χ1n) is 10.9. The highest BCUT2D eigenvalue weighted by Gasteiger charge is 2.34. The molecule has 0 aliphatic carbocycles. The van der Waals surface area contributed by atoms with E-state index in [0.29, 0.717) is 23.7 Å². The van der Waals surface area contributed by atoms with Gasteiger partial charge in [-0.2, -0.15) is 13.2 Å². The van der Waals surface area contributed by atoms with E-state index in [0.717, 1.165) is 17.4 Å². The van der Waals surface area contributed by atoms with Gasteiger partial charge in [0.25, 0.3) is 5.91 Å². The Bertz CT molecular complexity index is 1290. The number of halogens is 3. The smallest absolute Gasteiger partial charge is 0.433 e. The number of hydrogen-bond acceptors (Lipinski definition) is 9. The molecule has 9 nitrogen and oxygen atoms in total. The second-order valence-electron chi connectivity index (χ2n) is 7.83. The van der Waals surface area contributed by atoms with Gasteiger partial charge in [0.05, 0.1) is 29.1 Å². The van der Waals surface area contributed by atoms with Gasteiger partial charge >= 0.3 is 12.1 Å². The molecule has 3 aromatic rings. The van der Waals surface area contributed by atoms with E-state index in [1.807, 2.05) is 6.92 Å². The molecule has 0 spiro atoms. The summed E-state index contributed by atoms with van der Waals surface area (Å²) in [7, 11) is 3.11. The third kappa shape index (κ3) is 6.89. The summed E-state index contributed by atoms with van der Waals surface area (Å²) in [5.41, 5.74) is -0.857. The molecule has 0 saturated carbocycles. The number of anilines is 1. The van der Waals surface area contributed by atoms with Gasteiger partial charge in [-0.15, -0.1) is 11.3 Å². The quantitative estimate of drug-likeness (QED) is 0.219. The Morgan fingerprint density at radius 3 is 2.57 bits per heavy atom. The summed E-state index contributed by atoms with van der Waals surface area (Å²) in [4.78, 5) is 47.1. The third-order valence-electron chi connectivity index (χ3n) is 4.74. The number of nitrogens with one attached hydrogen (secondary N) is 1. The number of thiophene rings is 1. The molecule has 0 aromatic carbocycles. The lowest BCUT2D eigenvalue weighted by Crippen LogP contribution is -2.21. The average molecular weight is 557 g/mol. The lowest BCUT2D eigenvalue weighted by atomic mass is 10.1. The van der Waals surface area contributed by atoms with E-state index in [9.17, 15) is 27.6 Å². The van der Waals surface area contributed by atoms with Crippen LogP contribution in [-0.2, 0) is 15.7 Å². The Labute approximate surface area is 218 Å². The number of alkyl halides is 3. The molecular formula is C23H23F3N4O5S2. The first-order chi connectivity index (χ1) is 17.4. The number of rotatable bonds is 9. The van der Waals surface area contributed by atoms with E-state index in [4.69, 9.17) is 9.15 Å². The Balaban J connectivity index is 1.84. The highest BCUT2D eigenvalue weighted by molar-refractivity contribution is 7.99. The second-order valence-corrected chi connectivity index (χ2v) is 9.79. The third-order valence-corrected chi connectivity index (χ3v) is 6.79. The van der Waals surface area contributed by atoms with Crippen LogP contribution in [0.25, 0.3) is 11.5 Å². The van der Waals surface area contributed by atoms with Crippen molar-refractivity contribution < 1.29 is 36.7 Å². The highest BCUT2D eigenvalue weighted by Crippen LogP contribution is 2.35. The number of hydrogen-bond donors (Lipinski definition) is 1. The molecule has 3 rings (SSSR count). The van der Waals surface area contributed by atoms with Gasteiger partial charge < -0.3 is 19.4 Å². The van der Waals surface area contributed by atoms with Crippen LogP contribution < -0.4 is 5.32 Å². The van der Waals surface area contributed by atoms with Crippen molar-refractivity contribution in [3.05, 3.63) is 46.2 Å². The van der Waals surface area contributed by atoms with Gasteiger partial charge in [0.2, 0.25) is 5.91 Å². The molecule has 0 fully saturated rings. The van der Waals surface area contributed by atoms with Crippen LogP contribution in [0.1, 0.15) is 44.6 Å². The number of amides is 2. The van der Waals surface area contributed by atoms with Crippen LogP contribution in [-0.4, -0.2) is 59.1 Å². The topological polar surface area (TPSA) is 115 Å². The number of carbonyl (C=O) groups is 3. The molecule has 0 radical (unpaired) electrons. The highest BCUT2D eigenvalue weighted by atomic mass is 32.2. The molecule has 3 heterocycles. The summed E-state index contributed by atoms with van der Waals surface area (Å²) in [6.45, 7) is 3.55. The van der Waals surface area contributed by atoms with Gasteiger partial charge in [-0.1, -0.05) is 18.7 Å². The normalized spacial score (nSPS) is 11.3. The van der Waals surface area contributed by atoms with E-state index < -0.39 is 23.7 Å². The summed E-state index contributed by atoms with van der Waals surface area (Å²) in [6, 6.07) is 3.72. The van der Waals surface area contributed by atoms with Crippen LogP contribution in [0.15, 0.2) is 34.0 Å². The average Bonchev–Trinajstić information content (AvgIpc) is 3.48. The lowest BCUT2D eigenvalue weighted by Gasteiger charge is -2.10. The zero-order valence-corrected chi connectivity index (χ0v) is 21.9. The summed E-state index contributed by atoms with van der Waals surface area (Å²) in [5, 5.41) is 2.39. The molecule has 0 bridgehead atoms. The Morgan fingerprint density at radius 1 is 1.24 bits per heavy atom. The van der Waals surface area contributed by atoms with Gasteiger partial charge in [0.1, 0.15) is 16.4 Å². The SMILES string of the molecule is CCCOC(=O)c1c(NC(=O)CSc2nc(-c3ccco3)cc(C(F)(F)F)n2)sc(C(=O)N(C)C)c1C. The van der Waals surface area contributed by atoms with Crippen molar-refractivity contribution in [2.75, 3.05) is 31.8 Å². The maximum atomic E-state index is 13.4. The molecule has 1 N–H and O–H groups in total. The van der Waals surface area contributed by atoms with Gasteiger partial charge in [-0.05, 0) is 37.1 Å². The van der Waals surface area contributed by atoms with E-state index in [1.54, 1.807) is 21.0 Å². The van der Waals surface area contributed by atoms with Crippen LogP contribution >= 0.6 is 23.1 Å². The van der Waals surface area contributed by atoms with Crippen molar-refractivity contribution >= 4 is 45.9 Å². The van der Waals surface area contributed by atoms with Crippen molar-refractivity contribution in [1.82, 2.24) is 14.9 Å². The molecule has 14 heteroatoms. The minimum absolute atomic E-state index is 0.0532. The molecule has 3 aromatic heterocycles. The Kier molecular flexibility index (Phi) is 8.97. The lowest BCUT2D eigenvalue weighted by molar-refractivity contribution is -0.141. The fraction of sp³-hybridized carbons (Fsp3) is 0.348. The molecule has 0 unspecified atom stereocenters. The monoisotopic (exact) mass is 556 g/mol. The van der Waals surface area contributed by atoms with Crippen LogP contribution in [0.3, 0.4) is 0 Å². The number of aromatic nitrogens is 2. The molecule has 37 heavy (non-hydrogen) atoms. The number of ether oxygens (including phenoxy) is 1. The van der Waals surface area contributed by atoms with Crippen LogP contribution in [0.4, 0.5) is 18.2 Å². The maximum absolute atomic E-state index is 13.4. The minimum atomic E-state index is -4.74. The number of nitrogens with zero attached hydrogens (tertiary/aromatic N) is 3. The van der Waals surface area contributed by atoms with Crippen molar-refractivity contribution in [1.29, 1.82) is 0 Å². The number of furan rings is 1. The molecule has 0 atom stereocenters. The molecule has 0 aliphatic rings. The standard InChI is InChI=1S/C23H23F3N4O5S2/c1-5-8-35-21(33)17-12(2)18(20(32)30(3)4)37-19(17)29-16(31)11-36-22-27-13(14-7-6-9-34-14)10-15(28-22)23(24,25)26/h6-7,9-10H,5,8,11H2,1-4H3,(H,29,31). The van der Waals surface area contributed by atoms with Crippen molar-refractivity contribution in [2.24, 2.45) is 0 Å². The van der Waals surface area contributed by atoms with Gasteiger partial charge in [-0.3, -0.25) is 9.59 Å². The van der Waals surface area contributed by atoms with Crippen LogP contribution in [0, 0.1) is 6.92 Å². The Hall–Kier alpha value is -3.39. The fourth-order valence-corrected chi connectivity index (χ4v) is 4.89.